The van der Waals surface area contributed by atoms with E-state index in [2.05, 4.69) is 0 Å². The first-order valence-corrected chi connectivity index (χ1v) is 6.89. The van der Waals surface area contributed by atoms with Gasteiger partial charge < -0.3 is 0 Å². The van der Waals surface area contributed by atoms with Crippen LogP contribution in [0.3, 0.4) is 0 Å². The molecule has 0 aromatic carbocycles. The summed E-state index contributed by atoms with van der Waals surface area (Å²) in [5, 5.41) is 0. The number of Topliss-reactive ketones (excluding diaryl/α,β-unsaturated/α-hetero) is 1. The van der Waals surface area contributed by atoms with E-state index in [1.807, 2.05) is 0 Å². The van der Waals surface area contributed by atoms with Crippen LogP contribution in [0.2, 0.25) is 0 Å². The maximum absolute atomic E-state index is 12.0. The summed E-state index contributed by atoms with van der Waals surface area (Å²) in [6, 6.07) is 0. The van der Waals surface area contributed by atoms with Gasteiger partial charge in [0.05, 0.1) is 0 Å². The Balaban J connectivity index is 1.70. The minimum Gasteiger partial charge on any atom is -0.299 e. The van der Waals surface area contributed by atoms with Crippen molar-refractivity contribution in [1.29, 1.82) is 0 Å². The summed E-state index contributed by atoms with van der Waals surface area (Å²) in [5.41, 5.74) is 0. The van der Waals surface area contributed by atoms with Crippen LogP contribution < -0.4 is 0 Å². The van der Waals surface area contributed by atoms with E-state index in [9.17, 15) is 4.79 Å². The van der Waals surface area contributed by atoms with Crippen LogP contribution in [0.5, 0.6) is 0 Å². The zero-order chi connectivity index (χ0) is 10.5. The fourth-order valence-electron chi connectivity index (χ4n) is 2.74. The number of carbonyl (C=O) groups excluding carboxylic acids is 1. The third-order valence-corrected chi connectivity index (χ3v) is 4.06. The van der Waals surface area contributed by atoms with E-state index >= 15 is 0 Å². The van der Waals surface area contributed by atoms with Gasteiger partial charge >= 0.3 is 0 Å². The van der Waals surface area contributed by atoms with Gasteiger partial charge in [0.1, 0.15) is 5.78 Å². The molecule has 1 nitrogen and oxygen atoms in total. The first kappa shape index (κ1) is 11.2. The molecule has 0 radical (unpaired) electrons. The van der Waals surface area contributed by atoms with Crippen LogP contribution in [0.15, 0.2) is 0 Å². The molecule has 1 heteroatoms. The van der Waals surface area contributed by atoms with Crippen molar-refractivity contribution in [1.82, 2.24) is 0 Å². The highest BCUT2D eigenvalue weighted by Crippen LogP contribution is 2.34. The van der Waals surface area contributed by atoms with Crippen molar-refractivity contribution in [3.63, 3.8) is 0 Å². The Morgan fingerprint density at radius 2 is 1.47 bits per heavy atom. The van der Waals surface area contributed by atoms with Crippen molar-refractivity contribution in [2.24, 2.45) is 11.8 Å². The standard InChI is InChI=1S/C14H24O/c15-14(11-10-12-8-9-12)13-6-4-2-1-3-5-7-13/h12-13H,1-11H2. The van der Waals surface area contributed by atoms with Crippen LogP contribution in [-0.2, 0) is 4.79 Å². The molecule has 0 aromatic rings. The second-order valence-corrected chi connectivity index (χ2v) is 5.49. The van der Waals surface area contributed by atoms with Gasteiger partial charge in [0.25, 0.3) is 0 Å². The lowest BCUT2D eigenvalue weighted by Crippen LogP contribution is -2.15. The number of hydrogen-bond donors (Lipinski definition) is 0. The molecule has 2 aliphatic rings. The van der Waals surface area contributed by atoms with E-state index in [-0.39, 0.29) is 0 Å². The monoisotopic (exact) mass is 208 g/mol. The Hall–Kier alpha value is -0.330. The molecule has 0 heterocycles. The molecule has 0 spiro atoms. The lowest BCUT2D eigenvalue weighted by atomic mass is 9.86. The zero-order valence-corrected chi connectivity index (χ0v) is 9.84. The molecule has 0 atom stereocenters. The molecule has 0 amide bonds. The second-order valence-electron chi connectivity index (χ2n) is 5.49. The number of rotatable bonds is 4. The summed E-state index contributed by atoms with van der Waals surface area (Å²) in [4.78, 5) is 12.0. The Kier molecular flexibility index (Phi) is 4.22. The summed E-state index contributed by atoms with van der Waals surface area (Å²) in [6.07, 6.45) is 13.9. The average Bonchev–Trinajstić information content (AvgIpc) is 2.97. The molecule has 2 saturated carbocycles. The van der Waals surface area contributed by atoms with Gasteiger partial charge in [0, 0.05) is 12.3 Å². The maximum atomic E-state index is 12.0. The molecule has 0 aliphatic heterocycles. The molecule has 2 fully saturated rings. The van der Waals surface area contributed by atoms with Crippen LogP contribution in [0.4, 0.5) is 0 Å². The minimum absolute atomic E-state index is 0.434. The Morgan fingerprint density at radius 1 is 0.867 bits per heavy atom. The van der Waals surface area contributed by atoms with Gasteiger partial charge in [-0.25, -0.2) is 0 Å². The summed E-state index contributed by atoms with van der Waals surface area (Å²) >= 11 is 0. The van der Waals surface area contributed by atoms with Crippen molar-refractivity contribution in [3.8, 4) is 0 Å². The van der Waals surface area contributed by atoms with Gasteiger partial charge in [-0.1, -0.05) is 44.9 Å². The van der Waals surface area contributed by atoms with Crippen molar-refractivity contribution >= 4 is 5.78 Å². The van der Waals surface area contributed by atoms with Gasteiger partial charge in [0.15, 0.2) is 0 Å². The quantitative estimate of drug-likeness (QED) is 0.679. The van der Waals surface area contributed by atoms with Crippen LogP contribution in [0.25, 0.3) is 0 Å². The molecule has 2 rings (SSSR count). The van der Waals surface area contributed by atoms with Gasteiger partial charge in [-0.2, -0.15) is 0 Å². The van der Waals surface area contributed by atoms with Crippen LogP contribution in [-0.4, -0.2) is 5.78 Å². The molecular weight excluding hydrogens is 184 g/mol. The fourth-order valence-corrected chi connectivity index (χ4v) is 2.74. The molecule has 0 unspecified atom stereocenters. The van der Waals surface area contributed by atoms with E-state index in [1.54, 1.807) is 0 Å². The molecule has 15 heavy (non-hydrogen) atoms. The summed E-state index contributed by atoms with van der Waals surface area (Å²) in [5.74, 6) is 1.94. The maximum Gasteiger partial charge on any atom is 0.135 e. The summed E-state index contributed by atoms with van der Waals surface area (Å²) in [7, 11) is 0. The van der Waals surface area contributed by atoms with Crippen LogP contribution in [0.1, 0.15) is 70.6 Å². The highest BCUT2D eigenvalue weighted by molar-refractivity contribution is 5.80. The Bertz CT molecular complexity index is 197. The van der Waals surface area contributed by atoms with Crippen molar-refractivity contribution < 1.29 is 4.79 Å². The van der Waals surface area contributed by atoms with E-state index in [4.69, 9.17) is 0 Å². The lowest BCUT2D eigenvalue weighted by Gasteiger charge is -2.18. The van der Waals surface area contributed by atoms with Crippen LogP contribution >= 0.6 is 0 Å². The van der Waals surface area contributed by atoms with Crippen molar-refractivity contribution in [2.75, 3.05) is 0 Å². The first-order chi connectivity index (χ1) is 7.36. The van der Waals surface area contributed by atoms with E-state index < -0.39 is 0 Å². The van der Waals surface area contributed by atoms with Crippen molar-refractivity contribution in [3.05, 3.63) is 0 Å². The summed E-state index contributed by atoms with van der Waals surface area (Å²) in [6.45, 7) is 0. The number of hydrogen-bond acceptors (Lipinski definition) is 1. The lowest BCUT2D eigenvalue weighted by molar-refractivity contribution is -0.123. The molecule has 0 bridgehead atoms. The second kappa shape index (κ2) is 5.67. The Labute approximate surface area is 93.6 Å². The average molecular weight is 208 g/mol. The highest BCUT2D eigenvalue weighted by atomic mass is 16.1. The largest absolute Gasteiger partial charge is 0.299 e. The molecular formula is C14H24O. The molecule has 0 saturated heterocycles. The van der Waals surface area contributed by atoms with Gasteiger partial charge in [-0.05, 0) is 25.2 Å². The minimum atomic E-state index is 0.434. The predicted octanol–water partition coefficient (Wildman–Crippen LogP) is 4.11. The predicted molar refractivity (Wildman–Crippen MR) is 62.8 cm³/mol. The number of ketones is 1. The van der Waals surface area contributed by atoms with E-state index in [0.29, 0.717) is 11.7 Å². The molecule has 2 aliphatic carbocycles. The van der Waals surface area contributed by atoms with Gasteiger partial charge in [0.2, 0.25) is 0 Å². The number of carbonyl (C=O) groups is 1. The normalized spacial score (nSPS) is 24.5. The fraction of sp³-hybridized carbons (Fsp3) is 0.929. The zero-order valence-electron chi connectivity index (χ0n) is 9.84. The topological polar surface area (TPSA) is 17.1 Å². The third-order valence-electron chi connectivity index (χ3n) is 4.06. The molecule has 0 N–H and O–H groups in total. The van der Waals surface area contributed by atoms with E-state index in [1.165, 1.54) is 64.2 Å². The SMILES string of the molecule is O=C(CCC1CC1)C1CCCCCCC1. The van der Waals surface area contributed by atoms with Crippen LogP contribution in [0, 0.1) is 11.8 Å². The Morgan fingerprint density at radius 3 is 2.07 bits per heavy atom. The summed E-state index contributed by atoms with van der Waals surface area (Å²) < 4.78 is 0. The smallest absolute Gasteiger partial charge is 0.135 e. The molecule has 86 valence electrons. The van der Waals surface area contributed by atoms with Gasteiger partial charge in [-0.3, -0.25) is 4.79 Å². The molecule has 0 aromatic heterocycles. The van der Waals surface area contributed by atoms with Gasteiger partial charge in [-0.15, -0.1) is 0 Å². The first-order valence-electron chi connectivity index (χ1n) is 6.89. The van der Waals surface area contributed by atoms with Crippen molar-refractivity contribution in [2.45, 2.75) is 70.6 Å². The van der Waals surface area contributed by atoms with E-state index in [0.717, 1.165) is 12.3 Å². The third kappa shape index (κ3) is 3.96. The highest BCUT2D eigenvalue weighted by Gasteiger charge is 2.24.